The van der Waals surface area contributed by atoms with Crippen molar-refractivity contribution in [2.45, 2.75) is 25.0 Å². The molecule has 0 saturated heterocycles. The van der Waals surface area contributed by atoms with Gasteiger partial charge < -0.3 is 9.52 Å². The summed E-state index contributed by atoms with van der Waals surface area (Å²) < 4.78 is 29.8. The fourth-order valence-corrected chi connectivity index (χ4v) is 2.35. The van der Waals surface area contributed by atoms with Gasteiger partial charge in [-0.1, -0.05) is 6.92 Å². The summed E-state index contributed by atoms with van der Waals surface area (Å²) >= 11 is 0. The van der Waals surface area contributed by atoms with Gasteiger partial charge in [0.2, 0.25) is 5.09 Å². The zero-order valence-corrected chi connectivity index (χ0v) is 9.62. The Hall–Kier alpha value is -0.850. The van der Waals surface area contributed by atoms with E-state index in [2.05, 4.69) is 0 Å². The lowest BCUT2D eigenvalue weighted by Gasteiger charge is -2.13. The minimum absolute atomic E-state index is 0.123. The predicted octanol–water partition coefficient (Wildman–Crippen LogP) is 0.802. The second-order valence-electron chi connectivity index (χ2n) is 3.21. The molecule has 0 amide bonds. The van der Waals surface area contributed by atoms with Crippen molar-refractivity contribution in [1.82, 2.24) is 4.31 Å². The van der Waals surface area contributed by atoms with Crippen molar-refractivity contribution in [3.63, 3.8) is 0 Å². The van der Waals surface area contributed by atoms with E-state index in [4.69, 9.17) is 9.52 Å². The van der Waals surface area contributed by atoms with E-state index in [0.717, 1.165) is 6.42 Å². The zero-order chi connectivity index (χ0) is 11.5. The van der Waals surface area contributed by atoms with Gasteiger partial charge in [0.1, 0.15) is 12.4 Å². The molecule has 0 bridgehead atoms. The van der Waals surface area contributed by atoms with Crippen molar-refractivity contribution in [2.75, 3.05) is 13.6 Å². The minimum atomic E-state index is -3.53. The molecule has 86 valence electrons. The summed E-state index contributed by atoms with van der Waals surface area (Å²) in [5, 5.41) is 8.63. The summed E-state index contributed by atoms with van der Waals surface area (Å²) in [7, 11) is -2.03. The minimum Gasteiger partial charge on any atom is -0.446 e. The predicted molar refractivity (Wildman–Crippen MR) is 54.7 cm³/mol. The number of sulfonamides is 1. The van der Waals surface area contributed by atoms with Crippen molar-refractivity contribution >= 4 is 10.0 Å². The van der Waals surface area contributed by atoms with Crippen molar-refractivity contribution in [3.8, 4) is 0 Å². The van der Waals surface area contributed by atoms with Crippen LogP contribution in [0.3, 0.4) is 0 Å². The largest absolute Gasteiger partial charge is 0.446 e. The average Bonchev–Trinajstić information content (AvgIpc) is 2.66. The first-order valence-corrected chi connectivity index (χ1v) is 6.12. The number of aliphatic hydroxyl groups is 1. The fourth-order valence-electron chi connectivity index (χ4n) is 1.17. The summed E-state index contributed by atoms with van der Waals surface area (Å²) in [5.41, 5.74) is 0. The molecular weight excluding hydrogens is 218 g/mol. The van der Waals surface area contributed by atoms with Gasteiger partial charge in [-0.15, -0.1) is 0 Å². The van der Waals surface area contributed by atoms with E-state index in [1.165, 1.54) is 23.5 Å². The maximum absolute atomic E-state index is 11.8. The summed E-state index contributed by atoms with van der Waals surface area (Å²) in [6.07, 6.45) is 0.739. The molecule has 1 N–H and O–H groups in total. The number of hydrogen-bond acceptors (Lipinski definition) is 4. The van der Waals surface area contributed by atoms with Crippen LogP contribution in [0, 0.1) is 0 Å². The number of aliphatic hydroxyl groups excluding tert-OH is 1. The molecule has 0 aromatic carbocycles. The standard InChI is InChI=1S/C9H15NO4S/c1-3-6-10(2)15(12,13)9-5-4-8(7-11)14-9/h4-5,11H,3,6-7H2,1-2H3. The van der Waals surface area contributed by atoms with Crippen LogP contribution in [0.25, 0.3) is 0 Å². The molecule has 5 nitrogen and oxygen atoms in total. The first kappa shape index (κ1) is 12.2. The highest BCUT2D eigenvalue weighted by Crippen LogP contribution is 2.17. The molecule has 0 atom stereocenters. The second-order valence-corrected chi connectivity index (χ2v) is 5.18. The molecule has 0 fully saturated rings. The molecule has 1 rings (SSSR count). The molecule has 0 radical (unpaired) electrons. The van der Waals surface area contributed by atoms with Gasteiger partial charge in [0.15, 0.2) is 0 Å². The smallest absolute Gasteiger partial charge is 0.276 e. The van der Waals surface area contributed by atoms with E-state index in [9.17, 15) is 8.42 Å². The molecule has 0 aliphatic rings. The quantitative estimate of drug-likeness (QED) is 0.816. The Kier molecular flexibility index (Phi) is 3.90. The van der Waals surface area contributed by atoms with Crippen LogP contribution < -0.4 is 0 Å². The number of rotatable bonds is 5. The monoisotopic (exact) mass is 233 g/mol. The Bertz CT molecular complexity index is 410. The fraction of sp³-hybridized carbons (Fsp3) is 0.556. The van der Waals surface area contributed by atoms with Gasteiger partial charge in [-0.2, -0.15) is 4.31 Å². The third-order valence-electron chi connectivity index (χ3n) is 2.00. The van der Waals surface area contributed by atoms with Gasteiger partial charge >= 0.3 is 0 Å². The van der Waals surface area contributed by atoms with Gasteiger partial charge in [-0.05, 0) is 18.6 Å². The zero-order valence-electron chi connectivity index (χ0n) is 8.80. The summed E-state index contributed by atoms with van der Waals surface area (Å²) in [6, 6.07) is 2.81. The maximum Gasteiger partial charge on any atom is 0.276 e. The molecule has 0 spiro atoms. The van der Waals surface area contributed by atoms with Gasteiger partial charge in [0.25, 0.3) is 10.0 Å². The van der Waals surface area contributed by atoms with E-state index >= 15 is 0 Å². The molecule has 0 aliphatic heterocycles. The Morgan fingerprint density at radius 1 is 1.47 bits per heavy atom. The van der Waals surface area contributed by atoms with Crippen molar-refractivity contribution in [2.24, 2.45) is 0 Å². The van der Waals surface area contributed by atoms with Crippen molar-refractivity contribution < 1.29 is 17.9 Å². The lowest BCUT2D eigenvalue weighted by atomic mass is 10.5. The maximum atomic E-state index is 11.8. The van der Waals surface area contributed by atoms with Crippen LogP contribution in [0.15, 0.2) is 21.6 Å². The highest BCUT2D eigenvalue weighted by molar-refractivity contribution is 7.89. The van der Waals surface area contributed by atoms with E-state index in [-0.39, 0.29) is 17.5 Å². The van der Waals surface area contributed by atoms with Crippen LogP contribution >= 0.6 is 0 Å². The lowest BCUT2D eigenvalue weighted by molar-refractivity contribution is 0.235. The highest BCUT2D eigenvalue weighted by Gasteiger charge is 2.23. The van der Waals surface area contributed by atoms with Crippen LogP contribution in [0.5, 0.6) is 0 Å². The van der Waals surface area contributed by atoms with Crippen LogP contribution in [-0.4, -0.2) is 31.4 Å². The molecule has 1 heterocycles. The molecule has 15 heavy (non-hydrogen) atoms. The third kappa shape index (κ3) is 2.58. The Morgan fingerprint density at radius 2 is 2.13 bits per heavy atom. The van der Waals surface area contributed by atoms with Crippen molar-refractivity contribution in [3.05, 3.63) is 17.9 Å². The third-order valence-corrected chi connectivity index (χ3v) is 3.73. The first-order valence-electron chi connectivity index (χ1n) is 4.68. The van der Waals surface area contributed by atoms with Crippen LogP contribution in [-0.2, 0) is 16.6 Å². The Labute approximate surface area is 89.4 Å². The topological polar surface area (TPSA) is 70.8 Å². The average molecular weight is 233 g/mol. The molecule has 6 heteroatoms. The van der Waals surface area contributed by atoms with Gasteiger partial charge in [-0.25, -0.2) is 8.42 Å². The van der Waals surface area contributed by atoms with E-state index in [1.54, 1.807) is 0 Å². The van der Waals surface area contributed by atoms with Gasteiger partial charge in [0.05, 0.1) is 0 Å². The van der Waals surface area contributed by atoms with Crippen LogP contribution in [0.1, 0.15) is 19.1 Å². The first-order chi connectivity index (χ1) is 7.02. The lowest BCUT2D eigenvalue weighted by Crippen LogP contribution is -2.27. The molecule has 1 aromatic rings. The summed E-state index contributed by atoms with van der Waals surface area (Å²) in [5.74, 6) is 0.249. The van der Waals surface area contributed by atoms with Crippen LogP contribution in [0.4, 0.5) is 0 Å². The molecular formula is C9H15NO4S. The van der Waals surface area contributed by atoms with Gasteiger partial charge in [0, 0.05) is 13.6 Å². The normalized spacial score (nSPS) is 12.3. The molecule has 0 unspecified atom stereocenters. The number of furan rings is 1. The van der Waals surface area contributed by atoms with Gasteiger partial charge in [-0.3, -0.25) is 0 Å². The Morgan fingerprint density at radius 3 is 2.60 bits per heavy atom. The van der Waals surface area contributed by atoms with E-state index in [0.29, 0.717) is 6.54 Å². The molecule has 0 saturated carbocycles. The molecule has 0 aliphatic carbocycles. The number of hydrogen-bond donors (Lipinski definition) is 1. The summed E-state index contributed by atoms with van der Waals surface area (Å²) in [4.78, 5) is 0. The second kappa shape index (κ2) is 4.78. The SMILES string of the molecule is CCCN(C)S(=O)(=O)c1ccc(CO)o1. The summed E-state index contributed by atoms with van der Waals surface area (Å²) in [6.45, 7) is 2.04. The van der Waals surface area contributed by atoms with Crippen LogP contribution in [0.2, 0.25) is 0 Å². The molecule has 1 aromatic heterocycles. The van der Waals surface area contributed by atoms with E-state index < -0.39 is 10.0 Å². The van der Waals surface area contributed by atoms with Crippen molar-refractivity contribution in [1.29, 1.82) is 0 Å². The highest BCUT2D eigenvalue weighted by atomic mass is 32.2. The Balaban J connectivity index is 2.95. The van der Waals surface area contributed by atoms with E-state index in [1.807, 2.05) is 6.92 Å². The number of nitrogens with zero attached hydrogens (tertiary/aromatic N) is 1.